The lowest BCUT2D eigenvalue weighted by atomic mass is 10.1. The molecule has 5 heteroatoms. The minimum atomic E-state index is -3.05. The molecular weight excluding hydrogens is 274 g/mol. The zero-order chi connectivity index (χ0) is 15.0. The highest BCUT2D eigenvalue weighted by atomic mass is 32.2. The monoisotopic (exact) mass is 299 g/mol. The lowest BCUT2D eigenvalue weighted by Crippen LogP contribution is -2.29. The molecule has 0 aliphatic carbocycles. The Balaban J connectivity index is 3.01. The van der Waals surface area contributed by atoms with E-state index in [4.69, 9.17) is 4.74 Å². The number of ether oxygens (including phenoxy) is 1. The average molecular weight is 299 g/mol. The summed E-state index contributed by atoms with van der Waals surface area (Å²) < 4.78 is 29.8. The van der Waals surface area contributed by atoms with E-state index in [-0.39, 0.29) is 17.5 Å². The van der Waals surface area contributed by atoms with Gasteiger partial charge in [-0.2, -0.15) is 0 Å². The van der Waals surface area contributed by atoms with Gasteiger partial charge in [-0.15, -0.1) is 0 Å². The molecule has 1 unspecified atom stereocenters. The van der Waals surface area contributed by atoms with E-state index in [0.29, 0.717) is 19.6 Å². The van der Waals surface area contributed by atoms with Crippen LogP contribution >= 0.6 is 0 Å². The first kappa shape index (κ1) is 17.0. The molecule has 0 saturated heterocycles. The average Bonchev–Trinajstić information content (AvgIpc) is 2.39. The van der Waals surface area contributed by atoms with Gasteiger partial charge in [0.25, 0.3) is 0 Å². The number of sulfone groups is 1. The predicted octanol–water partition coefficient (Wildman–Crippen LogP) is 2.56. The first-order valence-electron chi connectivity index (χ1n) is 7.19. The molecule has 0 aromatic heterocycles. The third kappa shape index (κ3) is 5.13. The van der Waals surface area contributed by atoms with E-state index in [1.165, 1.54) is 0 Å². The number of benzene rings is 1. The summed E-state index contributed by atoms with van der Waals surface area (Å²) >= 11 is 0. The molecule has 0 heterocycles. The fraction of sp³-hybridized carbons (Fsp3) is 0.600. The maximum absolute atomic E-state index is 12.1. The molecule has 1 N–H and O–H groups in total. The highest BCUT2D eigenvalue weighted by Crippen LogP contribution is 2.26. The Morgan fingerprint density at radius 3 is 2.50 bits per heavy atom. The van der Waals surface area contributed by atoms with Gasteiger partial charge in [-0.05, 0) is 26.0 Å². The van der Waals surface area contributed by atoms with Gasteiger partial charge < -0.3 is 10.1 Å². The third-order valence-corrected chi connectivity index (χ3v) is 4.85. The Kier molecular flexibility index (Phi) is 7.02. The van der Waals surface area contributed by atoms with Crippen LogP contribution < -0.4 is 10.1 Å². The van der Waals surface area contributed by atoms with Crippen LogP contribution in [0.5, 0.6) is 5.75 Å². The molecule has 0 aliphatic rings. The van der Waals surface area contributed by atoms with E-state index >= 15 is 0 Å². The minimum Gasteiger partial charge on any atom is -0.494 e. The quantitative estimate of drug-likeness (QED) is 0.761. The first-order valence-corrected chi connectivity index (χ1v) is 9.01. The summed E-state index contributed by atoms with van der Waals surface area (Å²) in [6.45, 7) is 7.06. The Hall–Kier alpha value is -1.07. The molecule has 0 saturated carbocycles. The Labute approximate surface area is 122 Å². The van der Waals surface area contributed by atoms with Gasteiger partial charge in [-0.1, -0.05) is 32.0 Å². The van der Waals surface area contributed by atoms with Crippen molar-refractivity contribution in [3.05, 3.63) is 29.8 Å². The minimum absolute atomic E-state index is 0.110. The molecule has 0 fully saturated rings. The van der Waals surface area contributed by atoms with E-state index in [2.05, 4.69) is 5.32 Å². The summed E-state index contributed by atoms with van der Waals surface area (Å²) in [7, 11) is -3.05. The standard InChI is InChI=1S/C15H25NO3S/c1-4-11-20(17,18)12-14(16-5-2)13-9-7-8-10-15(13)19-6-3/h7-10,14,16H,4-6,11-12H2,1-3H3. The molecule has 0 bridgehead atoms. The van der Waals surface area contributed by atoms with Crippen molar-refractivity contribution in [1.29, 1.82) is 0 Å². The van der Waals surface area contributed by atoms with Gasteiger partial charge in [0.15, 0.2) is 9.84 Å². The SMILES string of the molecule is CCCS(=O)(=O)CC(NCC)c1ccccc1OCC. The summed E-state index contributed by atoms with van der Waals surface area (Å²) in [5.74, 6) is 1.09. The zero-order valence-corrected chi connectivity index (χ0v) is 13.4. The van der Waals surface area contributed by atoms with Gasteiger partial charge >= 0.3 is 0 Å². The van der Waals surface area contributed by atoms with Gasteiger partial charge in [0.05, 0.1) is 12.4 Å². The number of para-hydroxylation sites is 1. The molecule has 114 valence electrons. The van der Waals surface area contributed by atoms with Gasteiger partial charge in [-0.3, -0.25) is 0 Å². The van der Waals surface area contributed by atoms with Crippen LogP contribution in [0.1, 0.15) is 38.8 Å². The molecule has 1 aromatic rings. The maximum atomic E-state index is 12.1. The molecule has 0 amide bonds. The number of nitrogens with one attached hydrogen (secondary N) is 1. The first-order chi connectivity index (χ1) is 9.54. The van der Waals surface area contributed by atoms with Crippen molar-refractivity contribution < 1.29 is 13.2 Å². The van der Waals surface area contributed by atoms with Gasteiger partial charge in [0.1, 0.15) is 5.75 Å². The summed E-state index contributed by atoms with van der Waals surface area (Å²) in [4.78, 5) is 0. The summed E-state index contributed by atoms with van der Waals surface area (Å²) in [5.41, 5.74) is 0.913. The maximum Gasteiger partial charge on any atom is 0.152 e. The van der Waals surface area contributed by atoms with Crippen LogP contribution in [0.2, 0.25) is 0 Å². The topological polar surface area (TPSA) is 55.4 Å². The predicted molar refractivity (Wildman–Crippen MR) is 83.0 cm³/mol. The van der Waals surface area contributed by atoms with E-state index < -0.39 is 9.84 Å². The van der Waals surface area contributed by atoms with E-state index in [9.17, 15) is 8.42 Å². The van der Waals surface area contributed by atoms with Crippen LogP contribution in [-0.2, 0) is 9.84 Å². The van der Waals surface area contributed by atoms with Crippen molar-refractivity contribution in [2.75, 3.05) is 24.7 Å². The largest absolute Gasteiger partial charge is 0.494 e. The second-order valence-electron chi connectivity index (χ2n) is 4.70. The van der Waals surface area contributed by atoms with Crippen LogP contribution in [0.25, 0.3) is 0 Å². The van der Waals surface area contributed by atoms with Gasteiger partial charge in [0, 0.05) is 17.4 Å². The number of hydrogen-bond acceptors (Lipinski definition) is 4. The Morgan fingerprint density at radius 2 is 1.90 bits per heavy atom. The summed E-state index contributed by atoms with van der Waals surface area (Å²) in [6, 6.07) is 7.40. The lowest BCUT2D eigenvalue weighted by molar-refractivity contribution is 0.332. The van der Waals surface area contributed by atoms with E-state index in [1.807, 2.05) is 45.0 Å². The zero-order valence-electron chi connectivity index (χ0n) is 12.6. The second-order valence-corrected chi connectivity index (χ2v) is 6.92. The van der Waals surface area contributed by atoms with Crippen LogP contribution in [0, 0.1) is 0 Å². The molecule has 1 aromatic carbocycles. The molecule has 1 rings (SSSR count). The lowest BCUT2D eigenvalue weighted by Gasteiger charge is -2.21. The summed E-state index contributed by atoms with van der Waals surface area (Å²) in [5, 5.41) is 3.25. The second kappa shape index (κ2) is 8.27. The summed E-state index contributed by atoms with van der Waals surface area (Å²) in [6.07, 6.45) is 0.647. The van der Waals surface area contributed by atoms with Crippen molar-refractivity contribution in [1.82, 2.24) is 5.32 Å². The molecule has 0 radical (unpaired) electrons. The van der Waals surface area contributed by atoms with E-state index in [1.54, 1.807) is 0 Å². The van der Waals surface area contributed by atoms with Crippen molar-refractivity contribution in [2.24, 2.45) is 0 Å². The van der Waals surface area contributed by atoms with E-state index in [0.717, 1.165) is 11.3 Å². The molecule has 20 heavy (non-hydrogen) atoms. The van der Waals surface area contributed by atoms with Crippen molar-refractivity contribution in [2.45, 2.75) is 33.2 Å². The van der Waals surface area contributed by atoms with Gasteiger partial charge in [0.2, 0.25) is 0 Å². The van der Waals surface area contributed by atoms with Gasteiger partial charge in [-0.25, -0.2) is 8.42 Å². The van der Waals surface area contributed by atoms with Crippen molar-refractivity contribution in [3.8, 4) is 5.75 Å². The number of rotatable bonds is 9. The molecule has 1 atom stereocenters. The Bertz CT molecular complexity index is 500. The highest BCUT2D eigenvalue weighted by Gasteiger charge is 2.22. The van der Waals surface area contributed by atoms with Crippen molar-refractivity contribution in [3.63, 3.8) is 0 Å². The van der Waals surface area contributed by atoms with Crippen molar-refractivity contribution >= 4 is 9.84 Å². The molecule has 0 spiro atoms. The molecule has 4 nitrogen and oxygen atoms in total. The smallest absolute Gasteiger partial charge is 0.152 e. The third-order valence-electron chi connectivity index (χ3n) is 2.98. The van der Waals surface area contributed by atoms with Crippen LogP contribution in [0.3, 0.4) is 0 Å². The fourth-order valence-corrected chi connectivity index (χ4v) is 3.80. The van der Waals surface area contributed by atoms with Crippen LogP contribution in [0.15, 0.2) is 24.3 Å². The van der Waals surface area contributed by atoms with Crippen LogP contribution in [-0.4, -0.2) is 33.1 Å². The molecule has 0 aliphatic heterocycles. The van der Waals surface area contributed by atoms with Crippen LogP contribution in [0.4, 0.5) is 0 Å². The normalized spacial score (nSPS) is 13.2. The fourth-order valence-electron chi connectivity index (χ4n) is 2.21. The molecular formula is C15H25NO3S. The highest BCUT2D eigenvalue weighted by molar-refractivity contribution is 7.91. The number of hydrogen-bond donors (Lipinski definition) is 1. The Morgan fingerprint density at radius 1 is 1.20 bits per heavy atom.